The highest BCUT2D eigenvalue weighted by Crippen LogP contribution is 2.66. The Morgan fingerprint density at radius 2 is 2.00 bits per heavy atom. The minimum atomic E-state index is -3.43. The number of halogens is 1. The second-order valence-corrected chi connectivity index (χ2v) is 11.6. The van der Waals surface area contributed by atoms with E-state index in [4.69, 9.17) is 9.47 Å². The Bertz CT molecular complexity index is 978. The molecule has 1 N–H and O–H groups in total. The fourth-order valence-electron chi connectivity index (χ4n) is 5.99. The average Bonchev–Trinajstić information content (AvgIpc) is 3.26. The quantitative estimate of drug-likeness (QED) is 0.632. The molecule has 4 rings (SSSR count). The Kier molecular flexibility index (Phi) is 6.67. The molecule has 0 aromatic carbocycles. The van der Waals surface area contributed by atoms with Gasteiger partial charge in [0, 0.05) is 17.5 Å². The van der Waals surface area contributed by atoms with Crippen LogP contribution in [0.4, 0.5) is 9.18 Å². The first-order valence-electron chi connectivity index (χ1n) is 11.6. The predicted octanol–water partition coefficient (Wildman–Crippen LogP) is 2.23. The van der Waals surface area contributed by atoms with Crippen LogP contribution in [0.3, 0.4) is 0 Å². The summed E-state index contributed by atoms with van der Waals surface area (Å²) in [6, 6.07) is -1.05. The first-order chi connectivity index (χ1) is 15.6. The number of hydrogen-bond donors (Lipinski definition) is 1. The standard InChI is InChI=1S/C22H33FN4O5S/c1-5-33(29,30)26-18-8-13(2)27(21(28)31-4)19(18)12-32-16-6-7-22(14(3)17(22)9-16)20-24-10-15(23)11-25-20/h10-11,13-14,16-19,26H,5-9,12H2,1-4H3/t13-,14-,16-,17+,18+,19+,22+/m0/s1. The highest BCUT2D eigenvalue weighted by Gasteiger charge is 2.66. The molecule has 0 bridgehead atoms. The van der Waals surface area contributed by atoms with E-state index in [1.807, 2.05) is 6.92 Å². The van der Waals surface area contributed by atoms with E-state index in [1.54, 1.807) is 11.8 Å². The number of amides is 1. The molecule has 2 aliphatic carbocycles. The van der Waals surface area contributed by atoms with Gasteiger partial charge in [0.1, 0.15) is 5.82 Å². The van der Waals surface area contributed by atoms with Crippen LogP contribution in [0.1, 0.15) is 52.3 Å². The van der Waals surface area contributed by atoms with Crippen molar-refractivity contribution >= 4 is 16.1 Å². The van der Waals surface area contributed by atoms with Crippen LogP contribution in [0.5, 0.6) is 0 Å². The number of carbonyl (C=O) groups excluding carboxylic acids is 1. The molecule has 11 heteroatoms. The van der Waals surface area contributed by atoms with Gasteiger partial charge in [0.25, 0.3) is 0 Å². The zero-order chi connectivity index (χ0) is 24.0. The van der Waals surface area contributed by atoms with Gasteiger partial charge in [-0.15, -0.1) is 0 Å². The third-order valence-corrected chi connectivity index (χ3v) is 9.31. The molecular weight excluding hydrogens is 451 g/mol. The predicted molar refractivity (Wildman–Crippen MR) is 118 cm³/mol. The second kappa shape index (κ2) is 9.07. The Balaban J connectivity index is 1.42. The molecule has 0 radical (unpaired) electrons. The molecule has 2 heterocycles. The number of sulfonamides is 1. The maximum atomic E-state index is 13.3. The molecule has 1 saturated heterocycles. The highest BCUT2D eigenvalue weighted by molar-refractivity contribution is 7.89. The van der Waals surface area contributed by atoms with Crippen molar-refractivity contribution in [3.8, 4) is 0 Å². The van der Waals surface area contributed by atoms with Crippen molar-refractivity contribution in [3.63, 3.8) is 0 Å². The third kappa shape index (κ3) is 4.46. The van der Waals surface area contributed by atoms with Crippen LogP contribution in [0.2, 0.25) is 0 Å². The van der Waals surface area contributed by atoms with Gasteiger partial charge >= 0.3 is 6.09 Å². The van der Waals surface area contributed by atoms with Gasteiger partial charge in [-0.25, -0.2) is 32.3 Å². The molecule has 0 spiro atoms. The maximum Gasteiger partial charge on any atom is 0.410 e. The lowest BCUT2D eigenvalue weighted by atomic mass is 9.85. The number of likely N-dealkylation sites (tertiary alicyclic amines) is 1. The van der Waals surface area contributed by atoms with Crippen molar-refractivity contribution in [2.75, 3.05) is 19.5 Å². The Morgan fingerprint density at radius 1 is 1.30 bits per heavy atom. The lowest BCUT2D eigenvalue weighted by Crippen LogP contribution is -2.50. The van der Waals surface area contributed by atoms with Crippen molar-refractivity contribution in [3.05, 3.63) is 24.0 Å². The number of carbonyl (C=O) groups is 1. The summed E-state index contributed by atoms with van der Waals surface area (Å²) in [5.41, 5.74) is -0.118. The van der Waals surface area contributed by atoms with E-state index < -0.39 is 34.0 Å². The Morgan fingerprint density at radius 3 is 2.61 bits per heavy atom. The summed E-state index contributed by atoms with van der Waals surface area (Å²) in [5.74, 6) is 0.982. The molecule has 3 fully saturated rings. The van der Waals surface area contributed by atoms with E-state index in [0.717, 1.165) is 19.3 Å². The summed E-state index contributed by atoms with van der Waals surface area (Å²) in [7, 11) is -2.11. The normalized spacial score (nSPS) is 35.8. The number of nitrogens with one attached hydrogen (secondary N) is 1. The largest absolute Gasteiger partial charge is 0.453 e. The number of nitrogens with zero attached hydrogens (tertiary/aromatic N) is 3. The molecule has 3 aliphatic rings. The fraction of sp³-hybridized carbons (Fsp3) is 0.773. The number of fused-ring (bicyclic) bond motifs is 1. The summed E-state index contributed by atoms with van der Waals surface area (Å²) < 4.78 is 51.7. The first kappa shape index (κ1) is 24.3. The first-order valence-corrected chi connectivity index (χ1v) is 13.2. The number of hydrogen-bond acceptors (Lipinski definition) is 7. The van der Waals surface area contributed by atoms with E-state index in [0.29, 0.717) is 24.1 Å². The minimum absolute atomic E-state index is 0.00708. The monoisotopic (exact) mass is 484 g/mol. The van der Waals surface area contributed by atoms with Crippen molar-refractivity contribution < 1.29 is 27.1 Å². The number of aromatic nitrogens is 2. The maximum absolute atomic E-state index is 13.3. The summed E-state index contributed by atoms with van der Waals surface area (Å²) in [6.45, 7) is 5.86. The van der Waals surface area contributed by atoms with Gasteiger partial charge in [-0.05, 0) is 51.4 Å². The summed E-state index contributed by atoms with van der Waals surface area (Å²) in [4.78, 5) is 22.5. The second-order valence-electron chi connectivity index (χ2n) is 9.55. The van der Waals surface area contributed by atoms with Gasteiger partial charge in [0.2, 0.25) is 10.0 Å². The Labute approximate surface area is 194 Å². The van der Waals surface area contributed by atoms with Crippen LogP contribution in [-0.2, 0) is 24.9 Å². The van der Waals surface area contributed by atoms with Crippen LogP contribution < -0.4 is 4.72 Å². The van der Waals surface area contributed by atoms with Gasteiger partial charge in [-0.3, -0.25) is 4.90 Å². The molecule has 1 aromatic rings. The topological polar surface area (TPSA) is 111 Å². The smallest absolute Gasteiger partial charge is 0.410 e. The fourth-order valence-corrected chi connectivity index (χ4v) is 6.87. The van der Waals surface area contributed by atoms with Gasteiger partial charge in [0.05, 0.1) is 44.0 Å². The molecule has 33 heavy (non-hydrogen) atoms. The van der Waals surface area contributed by atoms with Crippen LogP contribution in [0.25, 0.3) is 0 Å². The molecule has 9 nitrogen and oxygen atoms in total. The van der Waals surface area contributed by atoms with Crippen molar-refractivity contribution in [2.45, 2.75) is 76.1 Å². The zero-order valence-electron chi connectivity index (χ0n) is 19.5. The van der Waals surface area contributed by atoms with E-state index in [2.05, 4.69) is 21.6 Å². The molecule has 7 atom stereocenters. The summed E-state index contributed by atoms with van der Waals surface area (Å²) >= 11 is 0. The van der Waals surface area contributed by atoms with Crippen molar-refractivity contribution in [1.29, 1.82) is 0 Å². The van der Waals surface area contributed by atoms with Crippen LogP contribution >= 0.6 is 0 Å². The van der Waals surface area contributed by atoms with Crippen molar-refractivity contribution in [2.24, 2.45) is 11.8 Å². The molecule has 0 unspecified atom stereocenters. The van der Waals surface area contributed by atoms with Crippen LogP contribution in [-0.4, -0.2) is 73.1 Å². The van der Waals surface area contributed by atoms with Gasteiger partial charge < -0.3 is 9.47 Å². The van der Waals surface area contributed by atoms with Gasteiger partial charge in [0.15, 0.2) is 5.82 Å². The van der Waals surface area contributed by atoms with E-state index in [-0.39, 0.29) is 29.9 Å². The van der Waals surface area contributed by atoms with Crippen LogP contribution in [0.15, 0.2) is 12.4 Å². The van der Waals surface area contributed by atoms with E-state index in [9.17, 15) is 17.6 Å². The van der Waals surface area contributed by atoms with E-state index >= 15 is 0 Å². The van der Waals surface area contributed by atoms with E-state index in [1.165, 1.54) is 19.5 Å². The molecule has 184 valence electrons. The average molecular weight is 485 g/mol. The number of ether oxygens (including phenoxy) is 2. The summed E-state index contributed by atoms with van der Waals surface area (Å²) in [6.07, 6.45) is 4.93. The van der Waals surface area contributed by atoms with Crippen molar-refractivity contribution in [1.82, 2.24) is 19.6 Å². The number of methoxy groups -OCH3 is 1. The molecular formula is C22H33FN4O5S. The highest BCUT2D eigenvalue weighted by atomic mass is 32.2. The molecule has 1 aliphatic heterocycles. The number of rotatable bonds is 7. The summed E-state index contributed by atoms with van der Waals surface area (Å²) in [5, 5.41) is 0. The third-order valence-electron chi connectivity index (χ3n) is 7.89. The zero-order valence-corrected chi connectivity index (χ0v) is 20.3. The van der Waals surface area contributed by atoms with Crippen LogP contribution in [0, 0.1) is 17.7 Å². The SMILES string of the molecule is CCS(=O)(=O)N[C@@H]1C[C@H](C)N(C(=O)OC)[C@@H]1CO[C@H]1CC[C@]2(c3ncc(F)cn3)[C@H](C1)[C@@H]2C. The minimum Gasteiger partial charge on any atom is -0.453 e. The molecule has 2 saturated carbocycles. The molecule has 1 aromatic heterocycles. The van der Waals surface area contributed by atoms with Gasteiger partial charge in [-0.1, -0.05) is 6.92 Å². The Hall–Kier alpha value is -1.85. The van der Waals surface area contributed by atoms with Gasteiger partial charge in [-0.2, -0.15) is 0 Å². The molecule has 1 amide bonds. The lowest BCUT2D eigenvalue weighted by molar-refractivity contribution is -0.0103. The lowest BCUT2D eigenvalue weighted by Gasteiger charge is -2.32.